The highest BCUT2D eigenvalue weighted by Gasteiger charge is 2.46. The molecule has 1 saturated heterocycles. The van der Waals surface area contributed by atoms with Gasteiger partial charge in [-0.2, -0.15) is 0 Å². The number of halogens is 2. The number of benzene rings is 1. The van der Waals surface area contributed by atoms with Crippen LogP contribution in [0.1, 0.15) is 63.8 Å². The van der Waals surface area contributed by atoms with Gasteiger partial charge in [-0.3, -0.25) is 5.32 Å². The highest BCUT2D eigenvalue weighted by atomic mass is 35.5. The number of thiophene rings is 1. The molecule has 0 amide bonds. The molecule has 1 aliphatic heterocycles. The minimum absolute atomic E-state index is 0.00254. The zero-order valence-electron chi connectivity index (χ0n) is 29.6. The smallest absolute Gasteiger partial charge is 0.348 e. The summed E-state index contributed by atoms with van der Waals surface area (Å²) >= 11 is 14.5. The van der Waals surface area contributed by atoms with Gasteiger partial charge < -0.3 is 23.8 Å². The predicted molar refractivity (Wildman–Crippen MR) is 198 cm³/mol. The van der Waals surface area contributed by atoms with Crippen molar-refractivity contribution < 1.29 is 33.5 Å². The largest absolute Gasteiger partial charge is 0.497 e. The first-order valence-corrected chi connectivity index (χ1v) is 19.0. The Bertz CT molecular complexity index is 1780. The van der Waals surface area contributed by atoms with Gasteiger partial charge in [0.25, 0.3) is 0 Å². The number of aryl methyl sites for hydroxylation is 1. The lowest BCUT2D eigenvalue weighted by Gasteiger charge is -2.32. The molecular formula is C39H46Cl2N3O6S+. The van der Waals surface area contributed by atoms with Crippen molar-refractivity contribution in [1.29, 1.82) is 0 Å². The van der Waals surface area contributed by atoms with Gasteiger partial charge in [-0.1, -0.05) is 54.4 Å². The van der Waals surface area contributed by atoms with E-state index in [1.807, 2.05) is 30.3 Å². The lowest BCUT2D eigenvalue weighted by molar-refractivity contribution is -0.377. The molecule has 1 aromatic carbocycles. The van der Waals surface area contributed by atoms with Crippen molar-refractivity contribution in [1.82, 2.24) is 10.2 Å². The number of fused-ring (bicyclic) bond motifs is 1. The number of rotatable bonds is 13. The number of H-pyrrole nitrogens is 1. The first-order chi connectivity index (χ1) is 24.6. The molecule has 3 atom stereocenters. The van der Waals surface area contributed by atoms with Crippen molar-refractivity contribution in [3.63, 3.8) is 0 Å². The number of nitrogens with one attached hydrogen (secondary N) is 2. The van der Waals surface area contributed by atoms with Gasteiger partial charge in [-0.05, 0) is 92.6 Å². The molecule has 0 bridgehead atoms. The second kappa shape index (κ2) is 16.5. The highest BCUT2D eigenvalue weighted by Crippen LogP contribution is 2.40. The quantitative estimate of drug-likeness (QED) is 0.188. The molecule has 3 heterocycles. The fourth-order valence-corrected chi connectivity index (χ4v) is 8.72. The van der Waals surface area contributed by atoms with E-state index in [0.717, 1.165) is 59.7 Å². The molecule has 1 fully saturated rings. The standard InChI is InChI=1S/C39H45Cl2N3O6S/c1-24-17-34(47-3)35(48-4)18-28(24)33(19-29-31(40)21-42-22-32(29)41)50-37(45)36-10-9-27(51-36)20-43-39(14-11-26-7-5-6-8-30(26)39)38(46)49-23-25-12-15-44(2)16-13-25/h5-10,18,21-22,24-25,33,43H,11-17,19-20,23H2,1-4H3/p+1/t24?,33-,39?/m0/s1. The fraction of sp³-hybridized carbons (Fsp3) is 0.462. The molecule has 3 aliphatic rings. The summed E-state index contributed by atoms with van der Waals surface area (Å²) in [4.78, 5) is 34.4. The van der Waals surface area contributed by atoms with Crippen LogP contribution < -0.4 is 10.3 Å². The third-order valence-corrected chi connectivity index (χ3v) is 12.2. The Hall–Kier alpha value is -3.41. The van der Waals surface area contributed by atoms with Crippen molar-refractivity contribution >= 4 is 46.5 Å². The highest BCUT2D eigenvalue weighted by molar-refractivity contribution is 7.13. The number of likely N-dealkylation sites (tertiary alicyclic amines) is 1. The van der Waals surface area contributed by atoms with Crippen LogP contribution in [0.4, 0.5) is 0 Å². The number of carbonyl (C=O) groups is 2. The number of aromatic amines is 1. The van der Waals surface area contributed by atoms with E-state index < -0.39 is 17.6 Å². The average Bonchev–Trinajstić information content (AvgIpc) is 3.77. The zero-order chi connectivity index (χ0) is 36.1. The lowest BCUT2D eigenvalue weighted by Crippen LogP contribution is -2.48. The summed E-state index contributed by atoms with van der Waals surface area (Å²) in [5.41, 5.74) is 2.70. The molecule has 12 heteroatoms. The molecule has 2 N–H and O–H groups in total. The van der Waals surface area contributed by atoms with Gasteiger partial charge in [0.05, 0.1) is 20.8 Å². The number of hydrogen-bond acceptors (Lipinski definition) is 9. The van der Waals surface area contributed by atoms with Gasteiger partial charge in [-0.15, -0.1) is 11.3 Å². The molecule has 2 unspecified atom stereocenters. The van der Waals surface area contributed by atoms with Crippen molar-refractivity contribution in [3.8, 4) is 0 Å². The Morgan fingerprint density at radius 2 is 1.82 bits per heavy atom. The van der Waals surface area contributed by atoms with Crippen LogP contribution in [0.25, 0.3) is 0 Å². The third-order valence-electron chi connectivity index (χ3n) is 10.4. The van der Waals surface area contributed by atoms with Crippen molar-refractivity contribution in [2.24, 2.45) is 11.8 Å². The van der Waals surface area contributed by atoms with Gasteiger partial charge >= 0.3 is 11.9 Å². The number of allylic oxidation sites excluding steroid dienone is 2. The normalized spacial score (nSPS) is 21.5. The average molecular weight is 756 g/mol. The number of pyridine rings is 1. The minimum atomic E-state index is -0.958. The Morgan fingerprint density at radius 1 is 1.08 bits per heavy atom. The maximum atomic E-state index is 13.9. The van der Waals surface area contributed by atoms with Gasteiger partial charge in [0.2, 0.25) is 0 Å². The maximum Gasteiger partial charge on any atom is 0.348 e. The number of aromatic nitrogens is 1. The Kier molecular flexibility index (Phi) is 12.1. The first-order valence-electron chi connectivity index (χ1n) is 17.5. The topological polar surface area (TPSA) is 100 Å². The lowest BCUT2D eigenvalue weighted by atomic mass is 9.85. The van der Waals surface area contributed by atoms with Crippen LogP contribution in [-0.4, -0.2) is 63.9 Å². The number of carbonyl (C=O) groups excluding carboxylic acids is 2. The van der Waals surface area contributed by atoms with E-state index in [-0.39, 0.29) is 18.3 Å². The van der Waals surface area contributed by atoms with E-state index >= 15 is 0 Å². The van der Waals surface area contributed by atoms with Gasteiger partial charge in [0.1, 0.15) is 32.3 Å². The second-order valence-corrected chi connectivity index (χ2v) is 15.7. The summed E-state index contributed by atoms with van der Waals surface area (Å²) < 4.78 is 23.5. The summed E-state index contributed by atoms with van der Waals surface area (Å²) in [7, 11) is 5.33. The summed E-state index contributed by atoms with van der Waals surface area (Å²) in [6, 6.07) is 11.8. The molecule has 2 aromatic heterocycles. The Morgan fingerprint density at radius 3 is 2.55 bits per heavy atom. The first kappa shape index (κ1) is 37.4. The molecule has 0 spiro atoms. The molecule has 0 saturated carbocycles. The van der Waals surface area contributed by atoms with E-state index in [1.165, 1.54) is 11.3 Å². The molecule has 2 aliphatic carbocycles. The zero-order valence-corrected chi connectivity index (χ0v) is 31.9. The van der Waals surface area contributed by atoms with E-state index in [2.05, 4.69) is 35.2 Å². The van der Waals surface area contributed by atoms with E-state index in [4.69, 9.17) is 42.1 Å². The molecule has 0 radical (unpaired) electrons. The van der Waals surface area contributed by atoms with E-state index in [0.29, 0.717) is 58.2 Å². The third kappa shape index (κ3) is 8.31. The van der Waals surface area contributed by atoms with E-state index in [1.54, 1.807) is 32.7 Å². The maximum absolute atomic E-state index is 13.9. The summed E-state index contributed by atoms with van der Waals surface area (Å²) in [6.07, 6.45) is 8.82. The number of piperidine rings is 1. The summed E-state index contributed by atoms with van der Waals surface area (Å²) in [5.74, 6) is 0.981. The van der Waals surface area contributed by atoms with Crippen molar-refractivity contribution in [2.45, 2.75) is 63.6 Å². The molecule has 9 nitrogen and oxygen atoms in total. The summed E-state index contributed by atoms with van der Waals surface area (Å²) in [6.45, 7) is 4.90. The molecular weight excluding hydrogens is 709 g/mol. The molecule has 6 rings (SSSR count). The van der Waals surface area contributed by atoms with E-state index in [9.17, 15) is 9.59 Å². The SMILES string of the molecule is COC1=C(OC)CC(C)C([C@H](Cc2c(Cl)c[nH+]cc2Cl)OC(=O)c2ccc(CNC3(C(=O)OCC4CCN(C)CC4)CCc4ccccc43)s2)=C1. The number of ether oxygens (including phenoxy) is 4. The molecule has 272 valence electrons. The monoisotopic (exact) mass is 754 g/mol. The van der Waals surface area contributed by atoms with Gasteiger partial charge in [-0.25, -0.2) is 14.6 Å². The van der Waals surface area contributed by atoms with Crippen LogP contribution in [0, 0.1) is 11.8 Å². The van der Waals surface area contributed by atoms with Crippen LogP contribution >= 0.6 is 34.5 Å². The molecule has 51 heavy (non-hydrogen) atoms. The van der Waals surface area contributed by atoms with Gasteiger partial charge in [0, 0.05) is 29.8 Å². The molecule has 3 aromatic rings. The Balaban J connectivity index is 1.19. The van der Waals surface area contributed by atoms with Crippen LogP contribution in [0.3, 0.4) is 0 Å². The predicted octanol–water partition coefficient (Wildman–Crippen LogP) is 6.92. The number of nitrogens with zero attached hydrogens (tertiary/aromatic N) is 1. The minimum Gasteiger partial charge on any atom is -0.497 e. The second-order valence-electron chi connectivity index (χ2n) is 13.7. The van der Waals surface area contributed by atoms with Gasteiger partial charge in [0.15, 0.2) is 18.2 Å². The number of hydrogen-bond donors (Lipinski definition) is 1. The fourth-order valence-electron chi connectivity index (χ4n) is 7.35. The van der Waals surface area contributed by atoms with Crippen molar-refractivity contribution in [2.75, 3.05) is 41.0 Å². The van der Waals surface area contributed by atoms with Crippen LogP contribution in [0.15, 0.2) is 72.0 Å². The van der Waals surface area contributed by atoms with Crippen LogP contribution in [-0.2, 0) is 48.7 Å². The summed E-state index contributed by atoms with van der Waals surface area (Å²) in [5, 5.41) is 4.48. The Labute approximate surface area is 313 Å². The van der Waals surface area contributed by atoms with Crippen LogP contribution in [0.5, 0.6) is 0 Å². The number of esters is 2. The number of methoxy groups -OCH3 is 2. The van der Waals surface area contributed by atoms with Crippen LogP contribution in [0.2, 0.25) is 10.0 Å². The van der Waals surface area contributed by atoms with Crippen molar-refractivity contribution in [3.05, 3.63) is 108 Å².